The summed E-state index contributed by atoms with van der Waals surface area (Å²) in [6.07, 6.45) is 2.76. The lowest BCUT2D eigenvalue weighted by atomic mass is 10.0. The van der Waals surface area contributed by atoms with Crippen molar-refractivity contribution in [1.29, 1.82) is 0 Å². The molecule has 1 aliphatic rings. The molecule has 2 aromatic rings. The first-order valence-corrected chi connectivity index (χ1v) is 7.60. The molecule has 5 nitrogen and oxygen atoms in total. The lowest BCUT2D eigenvalue weighted by molar-refractivity contribution is -0.135. The second-order valence-electron chi connectivity index (χ2n) is 5.89. The molecular weight excluding hydrogens is 297 g/mol. The van der Waals surface area contributed by atoms with E-state index in [2.05, 4.69) is 4.98 Å². The molecule has 122 valence electrons. The molecular formula is C17H20FN3O2. The SMILES string of the molecule is COCC1Cc2c(ncn2C)CN1C(=O)Cc1ccc(F)cc1. The summed E-state index contributed by atoms with van der Waals surface area (Å²) in [4.78, 5) is 18.9. The summed E-state index contributed by atoms with van der Waals surface area (Å²) in [5.41, 5.74) is 2.89. The Kier molecular flexibility index (Phi) is 4.43. The highest BCUT2D eigenvalue weighted by Crippen LogP contribution is 2.23. The molecule has 1 atom stereocenters. The van der Waals surface area contributed by atoms with Crippen LogP contribution in [0, 0.1) is 5.82 Å². The Bertz CT molecular complexity index is 696. The fourth-order valence-electron chi connectivity index (χ4n) is 3.03. The van der Waals surface area contributed by atoms with Crippen LogP contribution in [0.15, 0.2) is 30.6 Å². The van der Waals surface area contributed by atoms with E-state index in [0.29, 0.717) is 13.2 Å². The number of carbonyl (C=O) groups excluding carboxylic acids is 1. The van der Waals surface area contributed by atoms with Gasteiger partial charge in [-0.2, -0.15) is 0 Å². The largest absolute Gasteiger partial charge is 0.383 e. The normalized spacial score (nSPS) is 17.2. The minimum atomic E-state index is -0.297. The maximum atomic E-state index is 13.0. The van der Waals surface area contributed by atoms with E-state index in [1.165, 1.54) is 12.1 Å². The fraction of sp³-hybridized carbons (Fsp3) is 0.412. The number of aryl methyl sites for hydroxylation is 1. The molecule has 23 heavy (non-hydrogen) atoms. The van der Waals surface area contributed by atoms with Gasteiger partial charge >= 0.3 is 0 Å². The number of amides is 1. The summed E-state index contributed by atoms with van der Waals surface area (Å²) in [7, 11) is 3.60. The molecule has 0 saturated carbocycles. The molecule has 1 aromatic carbocycles. The maximum absolute atomic E-state index is 13.0. The number of rotatable bonds is 4. The summed E-state index contributed by atoms with van der Waals surface area (Å²) >= 11 is 0. The molecule has 1 amide bonds. The third kappa shape index (κ3) is 3.27. The Morgan fingerprint density at radius 3 is 2.83 bits per heavy atom. The van der Waals surface area contributed by atoms with Gasteiger partial charge in [-0.3, -0.25) is 4.79 Å². The Balaban J connectivity index is 1.78. The molecule has 0 N–H and O–H groups in total. The molecule has 0 spiro atoms. The van der Waals surface area contributed by atoms with Crippen LogP contribution in [0.4, 0.5) is 4.39 Å². The molecule has 1 aromatic heterocycles. The number of imidazole rings is 1. The van der Waals surface area contributed by atoms with Crippen LogP contribution >= 0.6 is 0 Å². The van der Waals surface area contributed by atoms with Crippen LogP contribution < -0.4 is 0 Å². The number of hydrogen-bond acceptors (Lipinski definition) is 3. The van der Waals surface area contributed by atoms with Gasteiger partial charge in [0.05, 0.1) is 37.6 Å². The standard InChI is InChI=1S/C17H20FN3O2/c1-20-11-19-15-9-21(14(10-23-2)8-16(15)20)17(22)7-12-3-5-13(18)6-4-12/h3-6,11,14H,7-10H2,1-2H3. The number of ether oxygens (including phenoxy) is 1. The number of nitrogens with zero attached hydrogens (tertiary/aromatic N) is 3. The lowest BCUT2D eigenvalue weighted by Crippen LogP contribution is -2.47. The van der Waals surface area contributed by atoms with Crippen LogP contribution in [-0.2, 0) is 36.0 Å². The van der Waals surface area contributed by atoms with E-state index in [9.17, 15) is 9.18 Å². The van der Waals surface area contributed by atoms with E-state index in [4.69, 9.17) is 4.74 Å². The number of benzene rings is 1. The zero-order chi connectivity index (χ0) is 16.4. The first kappa shape index (κ1) is 15.7. The second kappa shape index (κ2) is 6.50. The fourth-order valence-corrected chi connectivity index (χ4v) is 3.03. The topological polar surface area (TPSA) is 47.4 Å². The van der Waals surface area contributed by atoms with E-state index in [1.54, 1.807) is 25.6 Å². The minimum Gasteiger partial charge on any atom is -0.383 e. The predicted molar refractivity (Wildman–Crippen MR) is 83.2 cm³/mol. The number of halogens is 1. The van der Waals surface area contributed by atoms with Gasteiger partial charge in [-0.1, -0.05) is 12.1 Å². The van der Waals surface area contributed by atoms with Crippen molar-refractivity contribution in [3.8, 4) is 0 Å². The van der Waals surface area contributed by atoms with E-state index in [0.717, 1.165) is 23.4 Å². The zero-order valence-electron chi connectivity index (χ0n) is 13.3. The summed E-state index contributed by atoms with van der Waals surface area (Å²) in [5.74, 6) is -0.287. The van der Waals surface area contributed by atoms with Crippen LogP contribution in [-0.4, -0.2) is 40.1 Å². The van der Waals surface area contributed by atoms with Gasteiger partial charge in [-0.25, -0.2) is 9.37 Å². The zero-order valence-corrected chi connectivity index (χ0v) is 13.3. The van der Waals surface area contributed by atoms with E-state index >= 15 is 0 Å². The van der Waals surface area contributed by atoms with E-state index in [-0.39, 0.29) is 24.2 Å². The van der Waals surface area contributed by atoms with Crippen molar-refractivity contribution in [3.63, 3.8) is 0 Å². The Morgan fingerprint density at radius 1 is 1.39 bits per heavy atom. The van der Waals surface area contributed by atoms with Gasteiger partial charge in [0.2, 0.25) is 5.91 Å². The molecule has 6 heteroatoms. The monoisotopic (exact) mass is 317 g/mol. The lowest BCUT2D eigenvalue weighted by Gasteiger charge is -2.35. The van der Waals surface area contributed by atoms with Crippen molar-refractivity contribution < 1.29 is 13.9 Å². The van der Waals surface area contributed by atoms with Gasteiger partial charge < -0.3 is 14.2 Å². The van der Waals surface area contributed by atoms with Crippen molar-refractivity contribution in [2.45, 2.75) is 25.4 Å². The summed E-state index contributed by atoms with van der Waals surface area (Å²) < 4.78 is 20.3. The average Bonchev–Trinajstić information content (AvgIpc) is 2.90. The van der Waals surface area contributed by atoms with Gasteiger partial charge in [-0.05, 0) is 17.7 Å². The van der Waals surface area contributed by atoms with Gasteiger partial charge in [0.25, 0.3) is 0 Å². The van der Waals surface area contributed by atoms with Crippen molar-refractivity contribution >= 4 is 5.91 Å². The summed E-state index contributed by atoms with van der Waals surface area (Å²) in [5, 5.41) is 0. The number of hydrogen-bond donors (Lipinski definition) is 0. The third-order valence-corrected chi connectivity index (χ3v) is 4.28. The molecule has 0 radical (unpaired) electrons. The quantitative estimate of drug-likeness (QED) is 0.862. The first-order chi connectivity index (χ1) is 11.1. The van der Waals surface area contributed by atoms with Gasteiger partial charge in [0.15, 0.2) is 0 Å². The van der Waals surface area contributed by atoms with E-state index in [1.807, 2.05) is 16.5 Å². The van der Waals surface area contributed by atoms with Crippen molar-refractivity contribution in [2.24, 2.45) is 7.05 Å². The van der Waals surface area contributed by atoms with Crippen LogP contribution in [0.1, 0.15) is 17.0 Å². The van der Waals surface area contributed by atoms with E-state index < -0.39 is 0 Å². The molecule has 2 heterocycles. The molecule has 0 fully saturated rings. The molecule has 0 bridgehead atoms. The number of aromatic nitrogens is 2. The third-order valence-electron chi connectivity index (χ3n) is 4.28. The summed E-state index contributed by atoms with van der Waals surface area (Å²) in [6, 6.07) is 6.05. The van der Waals surface area contributed by atoms with Gasteiger partial charge in [0, 0.05) is 26.3 Å². The van der Waals surface area contributed by atoms with Gasteiger partial charge in [0.1, 0.15) is 5.82 Å². The highest BCUT2D eigenvalue weighted by Gasteiger charge is 2.31. The molecule has 0 aliphatic carbocycles. The Labute approximate surface area is 134 Å². The van der Waals surface area contributed by atoms with Crippen LogP contribution in [0.3, 0.4) is 0 Å². The summed E-state index contributed by atoms with van der Waals surface area (Å²) in [6.45, 7) is 0.976. The van der Waals surface area contributed by atoms with Crippen molar-refractivity contribution in [1.82, 2.24) is 14.5 Å². The molecule has 0 saturated heterocycles. The Morgan fingerprint density at radius 2 is 2.13 bits per heavy atom. The average molecular weight is 317 g/mol. The predicted octanol–water partition coefficient (Wildman–Crippen LogP) is 1.70. The second-order valence-corrected chi connectivity index (χ2v) is 5.89. The van der Waals surface area contributed by atoms with Crippen molar-refractivity contribution in [3.05, 3.63) is 53.4 Å². The maximum Gasteiger partial charge on any atom is 0.227 e. The number of carbonyl (C=O) groups is 1. The smallest absolute Gasteiger partial charge is 0.227 e. The highest BCUT2D eigenvalue weighted by molar-refractivity contribution is 5.79. The number of methoxy groups -OCH3 is 1. The van der Waals surface area contributed by atoms with Crippen molar-refractivity contribution in [2.75, 3.05) is 13.7 Å². The van der Waals surface area contributed by atoms with Crippen LogP contribution in [0.2, 0.25) is 0 Å². The van der Waals surface area contributed by atoms with Crippen LogP contribution in [0.25, 0.3) is 0 Å². The number of fused-ring (bicyclic) bond motifs is 1. The van der Waals surface area contributed by atoms with Gasteiger partial charge in [-0.15, -0.1) is 0 Å². The Hall–Kier alpha value is -2.21. The molecule has 3 rings (SSSR count). The first-order valence-electron chi connectivity index (χ1n) is 7.60. The highest BCUT2D eigenvalue weighted by atomic mass is 19.1. The molecule has 1 aliphatic heterocycles. The van der Waals surface area contributed by atoms with Crippen LogP contribution in [0.5, 0.6) is 0 Å². The molecule has 1 unspecified atom stereocenters. The minimum absolute atomic E-state index is 0.00384.